The summed E-state index contributed by atoms with van der Waals surface area (Å²) in [5.74, 6) is -0.297. The van der Waals surface area contributed by atoms with E-state index < -0.39 is 11.6 Å². The van der Waals surface area contributed by atoms with E-state index in [1.807, 2.05) is 6.07 Å². The molecule has 0 bridgehead atoms. The van der Waals surface area contributed by atoms with E-state index in [4.69, 9.17) is 11.6 Å². The summed E-state index contributed by atoms with van der Waals surface area (Å²) in [6.45, 7) is 4.13. The summed E-state index contributed by atoms with van der Waals surface area (Å²) in [7, 11) is 0. The molecule has 1 aromatic rings. The molecule has 1 unspecified atom stereocenters. The van der Waals surface area contributed by atoms with Gasteiger partial charge in [-0.3, -0.25) is 10.1 Å². The number of carbonyl (C=O) groups excluding carboxylic acids is 2. The van der Waals surface area contributed by atoms with Crippen molar-refractivity contribution in [2.45, 2.75) is 35.4 Å². The number of carbonyl (C=O) groups is 2. The predicted molar refractivity (Wildman–Crippen MR) is 74.4 cm³/mol. The second-order valence-corrected chi connectivity index (χ2v) is 7.68. The topological polar surface area (TPSA) is 58.2 Å². The van der Waals surface area contributed by atoms with Crippen LogP contribution in [-0.4, -0.2) is 16.7 Å². The van der Waals surface area contributed by atoms with E-state index in [1.165, 1.54) is 0 Å². The Morgan fingerprint density at radius 1 is 1.32 bits per heavy atom. The normalized spacial score (nSPS) is 27.9. The lowest BCUT2D eigenvalue weighted by Gasteiger charge is -2.41. The van der Waals surface area contributed by atoms with Gasteiger partial charge in [0, 0.05) is 20.2 Å². The standard InChI is InChI=1S/C13H13ClN2O2S/c1-12(2)6-13(10(17)15-11(18)16-13)8-5-7(14)3-4-9(8)19-12/h3-5H,6H2,1-2H3,(H2,15,16,17,18). The number of rotatable bonds is 0. The van der Waals surface area contributed by atoms with Crippen molar-refractivity contribution in [1.29, 1.82) is 0 Å². The number of urea groups is 1. The van der Waals surface area contributed by atoms with Crippen LogP contribution in [0.1, 0.15) is 25.8 Å². The first-order valence-corrected chi connectivity index (χ1v) is 7.15. The van der Waals surface area contributed by atoms with Crippen LogP contribution in [0.4, 0.5) is 4.79 Å². The quantitative estimate of drug-likeness (QED) is 0.724. The third-order valence-electron chi connectivity index (χ3n) is 3.42. The molecule has 6 heteroatoms. The van der Waals surface area contributed by atoms with E-state index in [9.17, 15) is 9.59 Å². The Hall–Kier alpha value is -1.20. The molecule has 0 aliphatic carbocycles. The molecule has 2 heterocycles. The van der Waals surface area contributed by atoms with E-state index in [1.54, 1.807) is 23.9 Å². The number of imide groups is 1. The summed E-state index contributed by atoms with van der Waals surface area (Å²) >= 11 is 7.74. The van der Waals surface area contributed by atoms with Crippen LogP contribution in [0.5, 0.6) is 0 Å². The number of halogens is 1. The van der Waals surface area contributed by atoms with Crippen LogP contribution in [-0.2, 0) is 10.3 Å². The van der Waals surface area contributed by atoms with Crippen molar-refractivity contribution in [2.24, 2.45) is 0 Å². The number of nitrogens with one attached hydrogen (secondary N) is 2. The Morgan fingerprint density at radius 2 is 2.05 bits per heavy atom. The highest BCUT2D eigenvalue weighted by atomic mass is 35.5. The zero-order valence-corrected chi connectivity index (χ0v) is 12.1. The number of fused-ring (bicyclic) bond motifs is 2. The molecule has 0 radical (unpaired) electrons. The van der Waals surface area contributed by atoms with Gasteiger partial charge in [-0.2, -0.15) is 0 Å². The van der Waals surface area contributed by atoms with Crippen LogP contribution in [0.25, 0.3) is 0 Å². The van der Waals surface area contributed by atoms with Crippen LogP contribution in [0.15, 0.2) is 23.1 Å². The van der Waals surface area contributed by atoms with Gasteiger partial charge in [0.25, 0.3) is 5.91 Å². The van der Waals surface area contributed by atoms with Crippen LogP contribution in [0.3, 0.4) is 0 Å². The Morgan fingerprint density at radius 3 is 2.68 bits per heavy atom. The molecule has 3 rings (SSSR count). The number of benzene rings is 1. The van der Waals surface area contributed by atoms with Crippen LogP contribution in [0, 0.1) is 0 Å². The first-order valence-electron chi connectivity index (χ1n) is 5.95. The monoisotopic (exact) mass is 296 g/mol. The van der Waals surface area contributed by atoms with Gasteiger partial charge < -0.3 is 5.32 Å². The van der Waals surface area contributed by atoms with Crippen molar-refractivity contribution in [2.75, 3.05) is 0 Å². The van der Waals surface area contributed by atoms with Crippen LogP contribution in [0.2, 0.25) is 5.02 Å². The number of hydrogen-bond acceptors (Lipinski definition) is 3. The molecule has 0 saturated carbocycles. The summed E-state index contributed by atoms with van der Waals surface area (Å²) in [6.07, 6.45) is 0.537. The van der Waals surface area contributed by atoms with Crippen molar-refractivity contribution < 1.29 is 9.59 Å². The largest absolute Gasteiger partial charge is 0.322 e. The van der Waals surface area contributed by atoms with E-state index in [0.29, 0.717) is 11.4 Å². The van der Waals surface area contributed by atoms with Gasteiger partial charge in [0.2, 0.25) is 0 Å². The van der Waals surface area contributed by atoms with Gasteiger partial charge in [-0.15, -0.1) is 11.8 Å². The maximum Gasteiger partial charge on any atom is 0.322 e. The molecule has 2 aliphatic rings. The average Bonchev–Trinajstić information content (AvgIpc) is 2.54. The SMILES string of the molecule is CC1(C)CC2(NC(=O)NC2=O)c2cc(Cl)ccc2S1. The highest BCUT2D eigenvalue weighted by Crippen LogP contribution is 2.51. The van der Waals surface area contributed by atoms with E-state index >= 15 is 0 Å². The molecule has 3 amide bonds. The Labute approximate surface area is 120 Å². The third-order valence-corrected chi connectivity index (χ3v) is 4.93. The van der Waals surface area contributed by atoms with Crippen molar-refractivity contribution in [3.63, 3.8) is 0 Å². The molecule has 4 nitrogen and oxygen atoms in total. The highest BCUT2D eigenvalue weighted by molar-refractivity contribution is 8.00. The summed E-state index contributed by atoms with van der Waals surface area (Å²) in [5, 5.41) is 5.68. The first kappa shape index (κ1) is 12.8. The second-order valence-electron chi connectivity index (χ2n) is 5.49. The van der Waals surface area contributed by atoms with Crippen molar-refractivity contribution in [1.82, 2.24) is 10.6 Å². The van der Waals surface area contributed by atoms with Gasteiger partial charge in [-0.05, 0) is 24.6 Å². The van der Waals surface area contributed by atoms with Crippen molar-refractivity contribution in [3.8, 4) is 0 Å². The minimum absolute atomic E-state index is 0.143. The summed E-state index contributed by atoms with van der Waals surface area (Å²) in [5.41, 5.74) is -0.209. The molecule has 1 saturated heterocycles. The maximum atomic E-state index is 12.3. The average molecular weight is 297 g/mol. The summed E-state index contributed by atoms with van der Waals surface area (Å²) in [4.78, 5) is 24.8. The molecule has 1 spiro atoms. The minimum atomic E-state index is -0.994. The van der Waals surface area contributed by atoms with Crippen LogP contribution < -0.4 is 10.6 Å². The lowest BCUT2D eigenvalue weighted by Crippen LogP contribution is -2.50. The maximum absolute atomic E-state index is 12.3. The molecular formula is C13H13ClN2O2S. The van der Waals surface area contributed by atoms with Crippen LogP contribution >= 0.6 is 23.4 Å². The Bertz CT molecular complexity index is 602. The molecule has 0 aromatic heterocycles. The zero-order chi connectivity index (χ0) is 13.8. The fraction of sp³-hybridized carbons (Fsp3) is 0.385. The van der Waals surface area contributed by atoms with Gasteiger partial charge in [0.05, 0.1) is 0 Å². The fourth-order valence-corrected chi connectivity index (χ4v) is 4.33. The van der Waals surface area contributed by atoms with Gasteiger partial charge in [-0.1, -0.05) is 25.4 Å². The molecule has 19 heavy (non-hydrogen) atoms. The number of amides is 3. The highest BCUT2D eigenvalue weighted by Gasteiger charge is 2.54. The number of thioether (sulfide) groups is 1. The van der Waals surface area contributed by atoms with Gasteiger partial charge in [-0.25, -0.2) is 4.79 Å². The van der Waals surface area contributed by atoms with E-state index in [2.05, 4.69) is 24.5 Å². The fourth-order valence-electron chi connectivity index (χ4n) is 2.80. The first-order chi connectivity index (χ1) is 8.82. The van der Waals surface area contributed by atoms with E-state index in [0.717, 1.165) is 10.5 Å². The van der Waals surface area contributed by atoms with Gasteiger partial charge >= 0.3 is 6.03 Å². The second kappa shape index (κ2) is 3.90. The summed E-state index contributed by atoms with van der Waals surface area (Å²) in [6, 6.07) is 5.03. The minimum Gasteiger partial charge on any atom is -0.319 e. The molecule has 1 aromatic carbocycles. The molecule has 1 fully saturated rings. The molecule has 2 aliphatic heterocycles. The van der Waals surface area contributed by atoms with Gasteiger partial charge in [0.15, 0.2) is 0 Å². The van der Waals surface area contributed by atoms with E-state index in [-0.39, 0.29) is 10.7 Å². The van der Waals surface area contributed by atoms with Crippen molar-refractivity contribution in [3.05, 3.63) is 28.8 Å². The summed E-state index contributed by atoms with van der Waals surface area (Å²) < 4.78 is -0.143. The predicted octanol–water partition coefficient (Wildman–Crippen LogP) is 2.65. The third kappa shape index (κ3) is 1.92. The van der Waals surface area contributed by atoms with Gasteiger partial charge in [0.1, 0.15) is 5.54 Å². The zero-order valence-electron chi connectivity index (χ0n) is 10.5. The van der Waals surface area contributed by atoms with Crippen molar-refractivity contribution >= 4 is 35.3 Å². The molecular weight excluding hydrogens is 284 g/mol. The lowest BCUT2D eigenvalue weighted by molar-refractivity contribution is -0.124. The molecule has 2 N–H and O–H groups in total. The Kier molecular flexibility index (Phi) is 2.63. The lowest BCUT2D eigenvalue weighted by atomic mass is 9.81. The molecule has 1 atom stereocenters. The smallest absolute Gasteiger partial charge is 0.319 e. The molecule has 100 valence electrons. The Balaban J connectivity index is 2.23. The number of hydrogen-bond donors (Lipinski definition) is 2.